The molecule has 106 valence electrons. The Balaban J connectivity index is 2.09. The van der Waals surface area contributed by atoms with Gasteiger partial charge in [0.15, 0.2) is 11.6 Å². The van der Waals surface area contributed by atoms with Crippen molar-refractivity contribution in [2.45, 2.75) is 18.9 Å². The van der Waals surface area contributed by atoms with E-state index in [2.05, 4.69) is 0 Å². The number of hydrogen-bond donors (Lipinski definition) is 1. The highest BCUT2D eigenvalue weighted by atomic mass is 35.5. The fourth-order valence-electron chi connectivity index (χ4n) is 2.03. The van der Waals surface area contributed by atoms with Gasteiger partial charge in [-0.2, -0.15) is 0 Å². The lowest BCUT2D eigenvalue weighted by atomic mass is 9.99. The quantitative estimate of drug-likeness (QED) is 0.911. The Morgan fingerprint density at radius 3 is 2.35 bits per heavy atom. The van der Waals surface area contributed by atoms with Gasteiger partial charge in [-0.3, -0.25) is 0 Å². The van der Waals surface area contributed by atoms with Gasteiger partial charge < -0.3 is 5.73 Å². The minimum atomic E-state index is -0.910. The number of benzene rings is 2. The van der Waals surface area contributed by atoms with E-state index in [1.807, 2.05) is 0 Å². The molecule has 2 N–H and O–H groups in total. The van der Waals surface area contributed by atoms with Crippen LogP contribution >= 0.6 is 11.6 Å². The van der Waals surface area contributed by atoms with Crippen molar-refractivity contribution in [1.29, 1.82) is 0 Å². The van der Waals surface area contributed by atoms with E-state index in [4.69, 9.17) is 17.3 Å². The summed E-state index contributed by atoms with van der Waals surface area (Å²) in [6, 6.07) is 7.73. The first-order chi connectivity index (χ1) is 9.47. The van der Waals surface area contributed by atoms with Crippen LogP contribution in [0.15, 0.2) is 36.4 Å². The summed E-state index contributed by atoms with van der Waals surface area (Å²) in [5.41, 5.74) is 6.46. The first-order valence-corrected chi connectivity index (χ1v) is 6.47. The van der Waals surface area contributed by atoms with Crippen molar-refractivity contribution in [1.82, 2.24) is 0 Å². The molecule has 0 aliphatic carbocycles. The van der Waals surface area contributed by atoms with Crippen LogP contribution < -0.4 is 5.73 Å². The molecule has 0 bridgehead atoms. The highest BCUT2D eigenvalue weighted by molar-refractivity contribution is 6.30. The Bertz CT molecular complexity index is 616. The summed E-state index contributed by atoms with van der Waals surface area (Å²) in [4.78, 5) is 0. The van der Waals surface area contributed by atoms with Crippen LogP contribution in [0, 0.1) is 17.5 Å². The first-order valence-electron chi connectivity index (χ1n) is 6.09. The molecule has 2 rings (SSSR count). The second kappa shape index (κ2) is 6.29. The fourth-order valence-corrected chi connectivity index (χ4v) is 2.19. The molecule has 0 radical (unpaired) electrons. The van der Waals surface area contributed by atoms with E-state index in [0.717, 1.165) is 6.07 Å². The number of hydrogen-bond acceptors (Lipinski definition) is 1. The normalized spacial score (nSPS) is 12.4. The number of nitrogens with two attached hydrogens (primary N) is 1. The van der Waals surface area contributed by atoms with E-state index < -0.39 is 23.5 Å². The maximum absolute atomic E-state index is 13.6. The molecule has 1 atom stereocenters. The van der Waals surface area contributed by atoms with Crippen molar-refractivity contribution in [2.75, 3.05) is 0 Å². The van der Waals surface area contributed by atoms with E-state index in [-0.39, 0.29) is 18.4 Å². The molecule has 0 aromatic heterocycles. The maximum atomic E-state index is 13.6. The van der Waals surface area contributed by atoms with Crippen LogP contribution in [0.5, 0.6) is 0 Å². The number of halogens is 4. The smallest absolute Gasteiger partial charge is 0.162 e. The van der Waals surface area contributed by atoms with Crippen molar-refractivity contribution in [3.8, 4) is 0 Å². The van der Waals surface area contributed by atoms with Crippen molar-refractivity contribution in [2.24, 2.45) is 5.73 Å². The zero-order valence-corrected chi connectivity index (χ0v) is 11.3. The van der Waals surface area contributed by atoms with Crippen molar-refractivity contribution in [3.05, 3.63) is 70.0 Å². The fraction of sp³-hybridized carbons (Fsp3) is 0.200. The molecule has 1 unspecified atom stereocenters. The van der Waals surface area contributed by atoms with E-state index in [1.165, 1.54) is 18.2 Å². The van der Waals surface area contributed by atoms with Crippen molar-refractivity contribution < 1.29 is 13.2 Å². The predicted octanol–water partition coefficient (Wildman–Crippen LogP) is 3.87. The van der Waals surface area contributed by atoms with Crippen molar-refractivity contribution >= 4 is 11.6 Å². The van der Waals surface area contributed by atoms with E-state index in [9.17, 15) is 13.2 Å². The molecule has 0 spiro atoms. The topological polar surface area (TPSA) is 26.0 Å². The van der Waals surface area contributed by atoms with E-state index in [0.29, 0.717) is 10.6 Å². The molecule has 0 amide bonds. The van der Waals surface area contributed by atoms with Gasteiger partial charge in [0.2, 0.25) is 0 Å². The highest BCUT2D eigenvalue weighted by Gasteiger charge is 2.14. The molecule has 20 heavy (non-hydrogen) atoms. The summed E-state index contributed by atoms with van der Waals surface area (Å²) in [6.07, 6.45) is 0.352. The van der Waals surface area contributed by atoms with Gasteiger partial charge >= 0.3 is 0 Å². The molecular weight excluding hydrogens is 287 g/mol. The van der Waals surface area contributed by atoms with Gasteiger partial charge in [0.05, 0.1) is 0 Å². The van der Waals surface area contributed by atoms with Crippen LogP contribution in [-0.4, -0.2) is 6.04 Å². The molecule has 0 aliphatic rings. The van der Waals surface area contributed by atoms with Crippen LogP contribution in [0.25, 0.3) is 0 Å². The van der Waals surface area contributed by atoms with Gasteiger partial charge in [-0.1, -0.05) is 29.8 Å². The third-order valence-corrected chi connectivity index (χ3v) is 3.25. The molecule has 2 aromatic rings. The van der Waals surface area contributed by atoms with Crippen molar-refractivity contribution in [3.63, 3.8) is 0 Å². The molecule has 2 aromatic carbocycles. The first kappa shape index (κ1) is 14.9. The molecule has 0 fully saturated rings. The maximum Gasteiger partial charge on any atom is 0.162 e. The van der Waals surface area contributed by atoms with Gasteiger partial charge in [0, 0.05) is 11.1 Å². The number of rotatable bonds is 4. The van der Waals surface area contributed by atoms with Crippen LogP contribution in [0.4, 0.5) is 13.2 Å². The minimum absolute atomic E-state index is 0.131. The Labute approximate surface area is 120 Å². The van der Waals surface area contributed by atoms with E-state index in [1.54, 1.807) is 12.1 Å². The summed E-state index contributed by atoms with van der Waals surface area (Å²) >= 11 is 5.66. The monoisotopic (exact) mass is 299 g/mol. The highest BCUT2D eigenvalue weighted by Crippen LogP contribution is 2.18. The van der Waals surface area contributed by atoms with E-state index >= 15 is 0 Å². The Kier molecular flexibility index (Phi) is 4.68. The van der Waals surface area contributed by atoms with Gasteiger partial charge in [0.25, 0.3) is 0 Å². The third kappa shape index (κ3) is 3.52. The molecule has 0 heterocycles. The molecule has 0 saturated heterocycles. The van der Waals surface area contributed by atoms with Crippen LogP contribution in [0.2, 0.25) is 5.02 Å². The summed E-state index contributed by atoms with van der Waals surface area (Å²) in [5, 5.41) is 0.302. The average Bonchev–Trinajstić information content (AvgIpc) is 2.38. The van der Waals surface area contributed by atoms with Crippen LogP contribution in [-0.2, 0) is 12.8 Å². The zero-order valence-electron chi connectivity index (χ0n) is 10.5. The summed E-state index contributed by atoms with van der Waals surface area (Å²) in [5.74, 6) is -2.26. The van der Waals surface area contributed by atoms with Gasteiger partial charge in [0.1, 0.15) is 5.82 Å². The van der Waals surface area contributed by atoms with Gasteiger partial charge in [-0.15, -0.1) is 0 Å². The SMILES string of the molecule is NC(Cc1ccc(Cl)cc1F)Cc1cccc(F)c1F. The predicted molar refractivity (Wildman–Crippen MR) is 73.2 cm³/mol. The van der Waals surface area contributed by atoms with Gasteiger partial charge in [-0.05, 0) is 42.2 Å². The Hall–Kier alpha value is -1.52. The molecule has 1 nitrogen and oxygen atoms in total. The average molecular weight is 300 g/mol. The molecular formula is C15H13ClF3N. The summed E-state index contributed by atoms with van der Waals surface area (Å²) < 4.78 is 40.2. The standard InChI is InChI=1S/C15H13ClF3N/c16-11-5-4-9(14(18)8-11)6-12(20)7-10-2-1-3-13(17)15(10)19/h1-5,8,12H,6-7,20H2. The molecule has 0 saturated carbocycles. The second-order valence-corrected chi connectivity index (χ2v) is 5.05. The Morgan fingerprint density at radius 1 is 0.950 bits per heavy atom. The minimum Gasteiger partial charge on any atom is -0.327 e. The lowest BCUT2D eigenvalue weighted by molar-refractivity contribution is 0.491. The molecule has 5 heteroatoms. The summed E-state index contributed by atoms with van der Waals surface area (Å²) in [7, 11) is 0. The lowest BCUT2D eigenvalue weighted by Crippen LogP contribution is -2.26. The second-order valence-electron chi connectivity index (χ2n) is 4.62. The van der Waals surface area contributed by atoms with Crippen LogP contribution in [0.3, 0.4) is 0 Å². The van der Waals surface area contributed by atoms with Crippen LogP contribution in [0.1, 0.15) is 11.1 Å². The lowest BCUT2D eigenvalue weighted by Gasteiger charge is -2.13. The zero-order chi connectivity index (χ0) is 14.7. The van der Waals surface area contributed by atoms with Gasteiger partial charge in [-0.25, -0.2) is 13.2 Å². The summed E-state index contributed by atoms with van der Waals surface area (Å²) in [6.45, 7) is 0. The largest absolute Gasteiger partial charge is 0.327 e. The molecule has 0 aliphatic heterocycles. The third-order valence-electron chi connectivity index (χ3n) is 3.01. The Morgan fingerprint density at radius 2 is 1.65 bits per heavy atom.